The van der Waals surface area contributed by atoms with E-state index in [0.29, 0.717) is 16.3 Å². The highest BCUT2D eigenvalue weighted by Gasteiger charge is 2.30. The van der Waals surface area contributed by atoms with Crippen molar-refractivity contribution in [3.05, 3.63) is 116 Å². The van der Waals surface area contributed by atoms with E-state index in [1.165, 1.54) is 47.4 Å². The molecule has 43 heavy (non-hydrogen) atoms. The molecule has 9 nitrogen and oxygen atoms in total. The van der Waals surface area contributed by atoms with E-state index in [1.54, 1.807) is 25.1 Å². The molecule has 1 atom stereocenters. The molecular weight excluding hydrogens is 587 g/mol. The Hall–Kier alpha value is -4.48. The highest BCUT2D eigenvalue weighted by molar-refractivity contribution is 8.00. The number of thioether (sulfide) groups is 1. The Balaban J connectivity index is 1.38. The molecule has 220 valence electrons. The quantitative estimate of drug-likeness (QED) is 0.0821. The van der Waals surface area contributed by atoms with Crippen LogP contribution in [0, 0.1) is 10.1 Å². The van der Waals surface area contributed by atoms with Crippen LogP contribution in [0.3, 0.4) is 0 Å². The number of thiophene rings is 1. The zero-order valence-corrected chi connectivity index (χ0v) is 25.0. The topological polar surface area (TPSA) is 128 Å². The molecular formula is C32H29N3O6S2. The normalized spacial score (nSPS) is 13.0. The van der Waals surface area contributed by atoms with Gasteiger partial charge in [0.05, 0.1) is 17.1 Å². The molecule has 0 saturated heterocycles. The van der Waals surface area contributed by atoms with E-state index in [4.69, 9.17) is 4.74 Å². The van der Waals surface area contributed by atoms with Crippen LogP contribution in [0.2, 0.25) is 0 Å². The van der Waals surface area contributed by atoms with Gasteiger partial charge in [0, 0.05) is 33.2 Å². The van der Waals surface area contributed by atoms with Crippen molar-refractivity contribution in [1.29, 1.82) is 0 Å². The average molecular weight is 616 g/mol. The third kappa shape index (κ3) is 7.12. The Morgan fingerprint density at radius 3 is 2.44 bits per heavy atom. The summed E-state index contributed by atoms with van der Waals surface area (Å²) in [7, 11) is 0. The van der Waals surface area contributed by atoms with Crippen molar-refractivity contribution >= 4 is 57.3 Å². The van der Waals surface area contributed by atoms with E-state index >= 15 is 0 Å². The van der Waals surface area contributed by atoms with E-state index in [9.17, 15) is 24.5 Å². The smallest absolute Gasteiger partial charge is 0.341 e. The molecule has 1 heterocycles. The second kappa shape index (κ2) is 13.7. The molecule has 0 spiro atoms. The minimum absolute atomic E-state index is 0.0997. The van der Waals surface area contributed by atoms with E-state index in [0.717, 1.165) is 46.6 Å². The highest BCUT2D eigenvalue weighted by Crippen LogP contribution is 2.41. The number of carbonyl (C=O) groups is 3. The second-order valence-corrected chi connectivity index (χ2v) is 12.1. The summed E-state index contributed by atoms with van der Waals surface area (Å²) in [5.74, 6) is -1.11. The molecule has 2 amide bonds. The monoisotopic (exact) mass is 615 g/mol. The summed E-state index contributed by atoms with van der Waals surface area (Å²) in [6.07, 6.45) is 3.69. The van der Waals surface area contributed by atoms with Crippen LogP contribution >= 0.6 is 23.1 Å². The van der Waals surface area contributed by atoms with Gasteiger partial charge in [0.25, 0.3) is 11.6 Å². The Morgan fingerprint density at radius 2 is 1.72 bits per heavy atom. The molecule has 2 N–H and O–H groups in total. The van der Waals surface area contributed by atoms with Gasteiger partial charge in [-0.25, -0.2) is 4.79 Å². The molecule has 1 aromatic heterocycles. The number of aryl methyl sites for hydroxylation is 1. The summed E-state index contributed by atoms with van der Waals surface area (Å²) in [5, 5.41) is 16.6. The van der Waals surface area contributed by atoms with Crippen molar-refractivity contribution in [2.24, 2.45) is 0 Å². The number of anilines is 2. The minimum Gasteiger partial charge on any atom is -0.462 e. The maximum absolute atomic E-state index is 13.9. The van der Waals surface area contributed by atoms with Crippen molar-refractivity contribution in [2.45, 2.75) is 42.8 Å². The van der Waals surface area contributed by atoms with Gasteiger partial charge in [0.1, 0.15) is 10.3 Å². The Bertz CT molecular complexity index is 1650. The van der Waals surface area contributed by atoms with Gasteiger partial charge in [-0.1, -0.05) is 36.4 Å². The molecule has 0 aliphatic heterocycles. The van der Waals surface area contributed by atoms with Crippen LogP contribution in [0.25, 0.3) is 0 Å². The van der Waals surface area contributed by atoms with Crippen LogP contribution < -0.4 is 10.6 Å². The first-order chi connectivity index (χ1) is 20.8. The summed E-state index contributed by atoms with van der Waals surface area (Å²) in [5.41, 5.74) is 2.91. The number of amides is 2. The van der Waals surface area contributed by atoms with Gasteiger partial charge >= 0.3 is 5.97 Å². The van der Waals surface area contributed by atoms with Gasteiger partial charge in [-0.3, -0.25) is 19.7 Å². The average Bonchev–Trinajstić information content (AvgIpc) is 3.38. The fourth-order valence-electron chi connectivity index (χ4n) is 4.87. The number of nitrogens with zero attached hydrogens (tertiary/aromatic N) is 1. The van der Waals surface area contributed by atoms with Gasteiger partial charge in [0.15, 0.2) is 0 Å². The number of benzene rings is 3. The SMILES string of the molecule is CCOC(=O)c1c(NC(=O)C(Sc2cccc(NC(=O)c3ccc([N+](=O)[O-])cc3)c2)c2ccccc2)sc2c1CCCC2. The fraction of sp³-hybridized carbons (Fsp3) is 0.219. The van der Waals surface area contributed by atoms with E-state index in [1.807, 2.05) is 36.4 Å². The number of nitro benzene ring substituents is 1. The van der Waals surface area contributed by atoms with Crippen LogP contribution in [0.15, 0.2) is 83.8 Å². The van der Waals surface area contributed by atoms with Gasteiger partial charge < -0.3 is 15.4 Å². The summed E-state index contributed by atoms with van der Waals surface area (Å²) < 4.78 is 5.36. The van der Waals surface area contributed by atoms with E-state index in [-0.39, 0.29) is 23.8 Å². The minimum atomic E-state index is -0.656. The summed E-state index contributed by atoms with van der Waals surface area (Å²) in [6, 6.07) is 21.8. The number of carbonyl (C=O) groups excluding carboxylic acids is 3. The van der Waals surface area contributed by atoms with Gasteiger partial charge in [-0.2, -0.15) is 0 Å². The summed E-state index contributed by atoms with van der Waals surface area (Å²) >= 11 is 2.77. The zero-order valence-electron chi connectivity index (χ0n) is 23.3. The molecule has 4 aromatic rings. The number of fused-ring (bicyclic) bond motifs is 1. The predicted octanol–water partition coefficient (Wildman–Crippen LogP) is 7.44. The molecule has 1 unspecified atom stereocenters. The van der Waals surface area contributed by atoms with Crippen LogP contribution in [0.1, 0.15) is 61.7 Å². The van der Waals surface area contributed by atoms with Gasteiger partial charge in [-0.05, 0) is 74.1 Å². The molecule has 5 rings (SSSR count). The first-order valence-electron chi connectivity index (χ1n) is 13.8. The number of hydrogen-bond acceptors (Lipinski definition) is 8. The van der Waals surface area contributed by atoms with Crippen molar-refractivity contribution in [2.75, 3.05) is 17.2 Å². The lowest BCUT2D eigenvalue weighted by Crippen LogP contribution is -2.20. The number of esters is 1. The Kier molecular flexibility index (Phi) is 9.53. The maximum atomic E-state index is 13.9. The van der Waals surface area contributed by atoms with Crippen molar-refractivity contribution in [3.8, 4) is 0 Å². The lowest BCUT2D eigenvalue weighted by Gasteiger charge is -2.18. The molecule has 1 aliphatic rings. The molecule has 11 heteroatoms. The van der Waals surface area contributed by atoms with Crippen LogP contribution in [-0.4, -0.2) is 29.3 Å². The van der Waals surface area contributed by atoms with E-state index in [2.05, 4.69) is 10.6 Å². The lowest BCUT2D eigenvalue weighted by molar-refractivity contribution is -0.384. The first kappa shape index (κ1) is 30.0. The van der Waals surface area contributed by atoms with Crippen molar-refractivity contribution < 1.29 is 24.0 Å². The van der Waals surface area contributed by atoms with E-state index < -0.39 is 22.0 Å². The van der Waals surface area contributed by atoms with Crippen molar-refractivity contribution in [3.63, 3.8) is 0 Å². The summed E-state index contributed by atoms with van der Waals surface area (Å²) in [6.45, 7) is 2.01. The standard InChI is InChI=1S/C32H29N3O6S2/c1-2-41-32(38)27-25-13-6-7-14-26(25)43-31(27)34-30(37)28(20-9-4-3-5-10-20)42-24-12-8-11-22(19-24)33-29(36)21-15-17-23(18-16-21)35(39)40/h3-5,8-12,15-19,28H,2,6-7,13-14H2,1H3,(H,33,36)(H,34,37). The largest absolute Gasteiger partial charge is 0.462 e. The fourth-order valence-corrected chi connectivity index (χ4v) is 7.24. The molecule has 0 bridgehead atoms. The Labute approximate surface area is 256 Å². The van der Waals surface area contributed by atoms with Crippen LogP contribution in [-0.2, 0) is 22.4 Å². The predicted molar refractivity (Wildman–Crippen MR) is 168 cm³/mol. The highest BCUT2D eigenvalue weighted by atomic mass is 32.2. The van der Waals surface area contributed by atoms with Gasteiger partial charge in [0.2, 0.25) is 5.91 Å². The third-order valence-corrected chi connectivity index (χ3v) is 9.37. The lowest BCUT2D eigenvalue weighted by atomic mass is 9.95. The molecule has 0 radical (unpaired) electrons. The zero-order chi connectivity index (χ0) is 30.3. The molecule has 0 saturated carbocycles. The number of rotatable bonds is 10. The van der Waals surface area contributed by atoms with Crippen molar-refractivity contribution in [1.82, 2.24) is 0 Å². The first-order valence-corrected chi connectivity index (χ1v) is 15.5. The third-order valence-electron chi connectivity index (χ3n) is 6.91. The maximum Gasteiger partial charge on any atom is 0.341 e. The number of hydrogen-bond donors (Lipinski definition) is 2. The van der Waals surface area contributed by atoms with Crippen LogP contribution in [0.5, 0.6) is 0 Å². The molecule has 3 aromatic carbocycles. The summed E-state index contributed by atoms with van der Waals surface area (Å²) in [4.78, 5) is 51.9. The second-order valence-electron chi connectivity index (χ2n) is 9.82. The molecule has 1 aliphatic carbocycles. The van der Waals surface area contributed by atoms with Crippen LogP contribution in [0.4, 0.5) is 16.4 Å². The van der Waals surface area contributed by atoms with Gasteiger partial charge in [-0.15, -0.1) is 23.1 Å². The number of nitrogens with one attached hydrogen (secondary N) is 2. The number of non-ortho nitro benzene ring substituents is 1. The number of ether oxygens (including phenoxy) is 1. The molecule has 0 fully saturated rings. The number of nitro groups is 1. The Morgan fingerprint density at radius 1 is 0.977 bits per heavy atom.